The van der Waals surface area contributed by atoms with E-state index in [0.717, 1.165) is 5.82 Å². The summed E-state index contributed by atoms with van der Waals surface area (Å²) in [6.07, 6.45) is 3.36. The molecule has 0 saturated carbocycles. The lowest BCUT2D eigenvalue weighted by Gasteiger charge is -2.26. The van der Waals surface area contributed by atoms with Gasteiger partial charge in [-0.15, -0.1) is 0 Å². The van der Waals surface area contributed by atoms with E-state index in [0.29, 0.717) is 6.54 Å². The Hall–Kier alpha value is -1.85. The van der Waals surface area contributed by atoms with E-state index < -0.39 is 12.0 Å². The number of imidazole rings is 1. The fourth-order valence-corrected chi connectivity index (χ4v) is 2.02. The number of aromatic nitrogens is 2. The molecule has 6 nitrogen and oxygen atoms in total. The van der Waals surface area contributed by atoms with Crippen LogP contribution in [0.5, 0.6) is 0 Å². The van der Waals surface area contributed by atoms with Crippen LogP contribution in [0.1, 0.15) is 32.6 Å². The van der Waals surface area contributed by atoms with Crippen molar-refractivity contribution in [2.45, 2.75) is 33.7 Å². The normalized spacial score (nSPS) is 12.5. The van der Waals surface area contributed by atoms with E-state index in [2.05, 4.69) is 4.98 Å². The molecular weight excluding hydrogens is 246 g/mol. The summed E-state index contributed by atoms with van der Waals surface area (Å²) in [5.74, 6) is -0.235. The van der Waals surface area contributed by atoms with Gasteiger partial charge in [0, 0.05) is 18.9 Å². The molecule has 0 saturated heterocycles. The molecule has 1 heterocycles. The zero-order chi connectivity index (χ0) is 14.6. The summed E-state index contributed by atoms with van der Waals surface area (Å²) >= 11 is 0. The highest BCUT2D eigenvalue weighted by Gasteiger charge is 2.24. The molecule has 0 fully saturated rings. The van der Waals surface area contributed by atoms with Crippen LogP contribution < -0.4 is 0 Å². The second-order valence-corrected chi connectivity index (χ2v) is 5.06. The Bertz CT molecular complexity index is 454. The number of aryl methyl sites for hydroxylation is 1. The molecule has 0 aliphatic heterocycles. The lowest BCUT2D eigenvalue weighted by atomic mass is 10.2. The molecule has 19 heavy (non-hydrogen) atoms. The highest BCUT2D eigenvalue weighted by atomic mass is 16.4. The van der Waals surface area contributed by atoms with E-state index in [9.17, 15) is 9.59 Å². The predicted octanol–water partition coefficient (Wildman–Crippen LogP) is 1.32. The summed E-state index contributed by atoms with van der Waals surface area (Å²) in [4.78, 5) is 28.7. The van der Waals surface area contributed by atoms with E-state index in [-0.39, 0.29) is 18.4 Å². The Morgan fingerprint density at radius 3 is 2.47 bits per heavy atom. The number of carboxylic acids is 1. The fraction of sp³-hybridized carbons (Fsp3) is 0.615. The largest absolute Gasteiger partial charge is 0.480 e. The van der Waals surface area contributed by atoms with Gasteiger partial charge in [-0.25, -0.2) is 4.98 Å². The van der Waals surface area contributed by atoms with Crippen molar-refractivity contribution in [1.29, 1.82) is 0 Å². The summed E-state index contributed by atoms with van der Waals surface area (Å²) in [5, 5.41) is 8.90. The number of nitrogens with zero attached hydrogens (tertiary/aromatic N) is 3. The topological polar surface area (TPSA) is 75.4 Å². The van der Waals surface area contributed by atoms with Crippen LogP contribution in [-0.2, 0) is 9.59 Å². The number of hydrogen-bond acceptors (Lipinski definition) is 3. The van der Waals surface area contributed by atoms with Crippen LogP contribution >= 0.6 is 0 Å². The average Bonchev–Trinajstić information content (AvgIpc) is 2.71. The first kappa shape index (κ1) is 15.2. The number of carbonyl (C=O) groups excluding carboxylic acids is 1. The van der Waals surface area contributed by atoms with Gasteiger partial charge in [-0.2, -0.15) is 0 Å². The van der Waals surface area contributed by atoms with E-state index in [4.69, 9.17) is 5.11 Å². The zero-order valence-corrected chi connectivity index (χ0v) is 11.8. The second-order valence-electron chi connectivity index (χ2n) is 5.06. The molecule has 1 N–H and O–H groups in total. The Morgan fingerprint density at radius 1 is 1.42 bits per heavy atom. The van der Waals surface area contributed by atoms with Gasteiger partial charge in [-0.1, -0.05) is 13.8 Å². The third-order valence-corrected chi connectivity index (χ3v) is 2.86. The maximum atomic E-state index is 12.4. The van der Waals surface area contributed by atoms with Crippen LogP contribution in [0.25, 0.3) is 0 Å². The van der Waals surface area contributed by atoms with Gasteiger partial charge in [0.25, 0.3) is 0 Å². The van der Waals surface area contributed by atoms with Gasteiger partial charge in [0.2, 0.25) is 5.91 Å². The van der Waals surface area contributed by atoms with Gasteiger partial charge in [-0.05, 0) is 19.8 Å². The molecule has 0 spiro atoms. The summed E-state index contributed by atoms with van der Waals surface area (Å²) in [6, 6.07) is -0.444. The average molecular weight is 267 g/mol. The van der Waals surface area contributed by atoms with Crippen molar-refractivity contribution in [3.05, 3.63) is 18.2 Å². The molecule has 106 valence electrons. The molecule has 1 amide bonds. The Kier molecular flexibility index (Phi) is 5.09. The van der Waals surface area contributed by atoms with E-state index in [1.165, 1.54) is 4.90 Å². The summed E-state index contributed by atoms with van der Waals surface area (Å²) in [7, 11) is 0. The van der Waals surface area contributed by atoms with Gasteiger partial charge in [0.1, 0.15) is 18.4 Å². The molecule has 1 rings (SSSR count). The lowest BCUT2D eigenvalue weighted by molar-refractivity contribution is -0.146. The minimum atomic E-state index is -0.997. The Balaban J connectivity index is 2.86. The van der Waals surface area contributed by atoms with Crippen molar-refractivity contribution >= 4 is 11.9 Å². The van der Waals surface area contributed by atoms with Crippen LogP contribution in [0.15, 0.2) is 12.4 Å². The van der Waals surface area contributed by atoms with Crippen molar-refractivity contribution in [2.24, 2.45) is 5.92 Å². The molecule has 1 atom stereocenters. The Labute approximate surface area is 113 Å². The van der Waals surface area contributed by atoms with Crippen molar-refractivity contribution in [3.63, 3.8) is 0 Å². The fourth-order valence-electron chi connectivity index (χ4n) is 2.02. The van der Waals surface area contributed by atoms with Crippen molar-refractivity contribution < 1.29 is 14.7 Å². The maximum absolute atomic E-state index is 12.4. The van der Waals surface area contributed by atoms with Crippen LogP contribution in [0, 0.1) is 12.8 Å². The zero-order valence-electron chi connectivity index (χ0n) is 11.8. The third-order valence-electron chi connectivity index (χ3n) is 2.86. The van der Waals surface area contributed by atoms with E-state index >= 15 is 0 Å². The monoisotopic (exact) mass is 267 g/mol. The van der Waals surface area contributed by atoms with Gasteiger partial charge >= 0.3 is 5.97 Å². The Morgan fingerprint density at radius 2 is 2.05 bits per heavy atom. The van der Waals surface area contributed by atoms with Crippen molar-refractivity contribution in [1.82, 2.24) is 14.5 Å². The minimum Gasteiger partial charge on any atom is -0.480 e. The standard InChI is InChI=1S/C13H21N3O3/c1-9(2)7-15(8-12(17)18)13(19)10(3)16-6-5-14-11(16)4/h5-6,9-10H,7-8H2,1-4H3,(H,17,18)/t10-/m1/s1. The number of carboxylic acid groups (broad SMARTS) is 1. The highest BCUT2D eigenvalue weighted by molar-refractivity contribution is 5.84. The summed E-state index contributed by atoms with van der Waals surface area (Å²) in [5.41, 5.74) is 0. The lowest BCUT2D eigenvalue weighted by Crippen LogP contribution is -2.41. The quantitative estimate of drug-likeness (QED) is 0.843. The van der Waals surface area contributed by atoms with Crippen LogP contribution in [0.3, 0.4) is 0 Å². The SMILES string of the molecule is Cc1nccn1[C@H](C)C(=O)N(CC(=O)O)CC(C)C. The molecule has 0 aliphatic carbocycles. The second kappa shape index (κ2) is 6.36. The van der Waals surface area contributed by atoms with E-state index in [1.54, 1.807) is 23.9 Å². The number of hydrogen-bond donors (Lipinski definition) is 1. The van der Waals surface area contributed by atoms with Crippen LogP contribution in [0.2, 0.25) is 0 Å². The van der Waals surface area contributed by atoms with Gasteiger partial charge < -0.3 is 14.6 Å². The molecule has 1 aromatic rings. The first-order chi connectivity index (χ1) is 8.82. The predicted molar refractivity (Wildman–Crippen MR) is 70.7 cm³/mol. The molecule has 0 aliphatic rings. The van der Waals surface area contributed by atoms with Gasteiger partial charge in [-0.3, -0.25) is 9.59 Å². The molecule has 0 bridgehead atoms. The smallest absolute Gasteiger partial charge is 0.323 e. The van der Waals surface area contributed by atoms with Gasteiger partial charge in [0.05, 0.1) is 0 Å². The first-order valence-electron chi connectivity index (χ1n) is 6.33. The van der Waals surface area contributed by atoms with Crippen molar-refractivity contribution in [3.8, 4) is 0 Å². The molecule has 0 radical (unpaired) electrons. The molecule has 0 aromatic carbocycles. The number of rotatable bonds is 6. The van der Waals surface area contributed by atoms with Crippen molar-refractivity contribution in [2.75, 3.05) is 13.1 Å². The maximum Gasteiger partial charge on any atom is 0.323 e. The van der Waals surface area contributed by atoms with Crippen LogP contribution in [-0.4, -0.2) is 44.5 Å². The summed E-state index contributed by atoms with van der Waals surface area (Å²) in [6.45, 7) is 7.64. The summed E-state index contributed by atoms with van der Waals surface area (Å²) < 4.78 is 1.75. The number of carbonyl (C=O) groups is 2. The van der Waals surface area contributed by atoms with Gasteiger partial charge in [0.15, 0.2) is 0 Å². The first-order valence-corrected chi connectivity index (χ1v) is 6.33. The molecule has 0 unspecified atom stereocenters. The van der Waals surface area contributed by atoms with E-state index in [1.807, 2.05) is 20.8 Å². The third kappa shape index (κ3) is 4.08. The highest BCUT2D eigenvalue weighted by Crippen LogP contribution is 2.13. The van der Waals surface area contributed by atoms with Crippen LogP contribution in [0.4, 0.5) is 0 Å². The molecule has 1 aromatic heterocycles. The number of aliphatic carboxylic acids is 1. The number of amides is 1. The minimum absolute atomic E-state index is 0.197. The molecule has 6 heteroatoms. The molecular formula is C13H21N3O3.